The van der Waals surface area contributed by atoms with Gasteiger partial charge in [-0.2, -0.15) is 0 Å². The highest BCUT2D eigenvalue weighted by Crippen LogP contribution is 2.29. The zero-order chi connectivity index (χ0) is 17.1. The van der Waals surface area contributed by atoms with Gasteiger partial charge in [0.05, 0.1) is 16.2 Å². The molecule has 1 aliphatic heterocycles. The maximum atomic E-state index is 12.1. The second kappa shape index (κ2) is 6.72. The van der Waals surface area contributed by atoms with Crippen molar-refractivity contribution in [1.82, 2.24) is 5.32 Å². The molecule has 1 aliphatic rings. The summed E-state index contributed by atoms with van der Waals surface area (Å²) in [5.74, 6) is -1.30. The van der Waals surface area contributed by atoms with Gasteiger partial charge in [-0.15, -0.1) is 0 Å². The zero-order valence-corrected chi connectivity index (χ0v) is 13.6. The first kappa shape index (κ1) is 16.0. The Hall–Kier alpha value is -2.86. The van der Waals surface area contributed by atoms with Gasteiger partial charge in [-0.05, 0) is 42.5 Å². The number of carboxylic acid groups (broad SMARTS) is 1. The second-order valence-corrected chi connectivity index (χ2v) is 6.25. The average molecular weight is 338 g/mol. The summed E-state index contributed by atoms with van der Waals surface area (Å²) in [6.45, 7) is 2.00. The number of thioether (sulfide) groups is 1. The first-order valence-electron chi connectivity index (χ1n) is 7.21. The molecule has 1 fully saturated rings. The molecule has 0 saturated carbocycles. The van der Waals surface area contributed by atoms with Crippen LogP contribution >= 0.6 is 11.8 Å². The molecule has 5 nitrogen and oxygen atoms in total. The van der Waals surface area contributed by atoms with Crippen molar-refractivity contribution in [2.75, 3.05) is 0 Å². The lowest BCUT2D eigenvalue weighted by Gasteiger charge is -2.00. The predicted octanol–water partition coefficient (Wildman–Crippen LogP) is 3.58. The molecule has 1 amide bonds. The highest BCUT2D eigenvalue weighted by Gasteiger charge is 2.24. The third kappa shape index (κ3) is 3.55. The third-order valence-corrected chi connectivity index (χ3v) is 4.29. The van der Waals surface area contributed by atoms with Crippen molar-refractivity contribution < 1.29 is 14.7 Å². The molecule has 2 aromatic carbocycles. The summed E-state index contributed by atoms with van der Waals surface area (Å²) in [5.41, 5.74) is 2.47. The molecule has 1 heterocycles. The largest absolute Gasteiger partial charge is 0.478 e. The first-order chi connectivity index (χ1) is 11.5. The Bertz CT molecular complexity index is 870. The summed E-state index contributed by atoms with van der Waals surface area (Å²) in [7, 11) is 0. The van der Waals surface area contributed by atoms with Crippen LogP contribution in [-0.2, 0) is 4.79 Å². The monoisotopic (exact) mass is 338 g/mol. The van der Waals surface area contributed by atoms with Gasteiger partial charge in [-0.1, -0.05) is 42.0 Å². The van der Waals surface area contributed by atoms with Crippen molar-refractivity contribution in [1.29, 1.82) is 0 Å². The molecule has 0 aromatic heterocycles. The quantitative estimate of drug-likeness (QED) is 0.838. The van der Waals surface area contributed by atoms with E-state index in [2.05, 4.69) is 10.3 Å². The van der Waals surface area contributed by atoms with E-state index in [1.807, 2.05) is 31.2 Å². The SMILES string of the molecule is Cc1ccc(/C=C2\SC(=Nc3ccccc3C(=O)O)NC2=O)cc1. The number of nitrogens with one attached hydrogen (secondary N) is 1. The van der Waals surface area contributed by atoms with E-state index in [1.165, 1.54) is 17.8 Å². The molecule has 6 heteroatoms. The van der Waals surface area contributed by atoms with Gasteiger partial charge in [0.1, 0.15) is 0 Å². The van der Waals surface area contributed by atoms with E-state index in [9.17, 15) is 14.7 Å². The molecule has 2 aromatic rings. The number of benzene rings is 2. The maximum Gasteiger partial charge on any atom is 0.337 e. The molecule has 0 aliphatic carbocycles. The molecule has 2 N–H and O–H groups in total. The lowest BCUT2D eigenvalue weighted by atomic mass is 10.1. The number of carbonyl (C=O) groups excluding carboxylic acids is 1. The van der Waals surface area contributed by atoms with E-state index < -0.39 is 5.97 Å². The number of hydrogen-bond acceptors (Lipinski definition) is 4. The molecule has 1 saturated heterocycles. The topological polar surface area (TPSA) is 78.8 Å². The lowest BCUT2D eigenvalue weighted by molar-refractivity contribution is -0.115. The molecular weight excluding hydrogens is 324 g/mol. The maximum absolute atomic E-state index is 12.1. The number of aliphatic imine (C=N–C) groups is 1. The minimum Gasteiger partial charge on any atom is -0.478 e. The molecule has 0 radical (unpaired) electrons. The number of amidine groups is 1. The van der Waals surface area contributed by atoms with Gasteiger partial charge >= 0.3 is 5.97 Å². The molecule has 0 bridgehead atoms. The van der Waals surface area contributed by atoms with E-state index in [0.717, 1.165) is 11.1 Å². The fourth-order valence-electron chi connectivity index (χ4n) is 2.16. The summed E-state index contributed by atoms with van der Waals surface area (Å²) < 4.78 is 0. The number of para-hydroxylation sites is 1. The molecule has 0 unspecified atom stereocenters. The van der Waals surface area contributed by atoms with Crippen LogP contribution in [0.3, 0.4) is 0 Å². The Labute approximate surface area is 143 Å². The standard InChI is InChI=1S/C18H14N2O3S/c1-11-6-8-12(9-7-11)10-15-16(21)20-18(24-15)19-14-5-3-2-4-13(14)17(22)23/h2-10H,1H3,(H,22,23)(H,19,20,21)/b15-10-. The molecule has 3 rings (SSSR count). The van der Waals surface area contributed by atoms with Crippen molar-refractivity contribution in [3.05, 3.63) is 70.1 Å². The van der Waals surface area contributed by atoms with Crippen molar-refractivity contribution in [3.63, 3.8) is 0 Å². The first-order valence-corrected chi connectivity index (χ1v) is 8.03. The van der Waals surface area contributed by atoms with Crippen LogP contribution in [-0.4, -0.2) is 22.2 Å². The molecule has 0 atom stereocenters. The van der Waals surface area contributed by atoms with E-state index >= 15 is 0 Å². The van der Waals surface area contributed by atoms with Crippen LogP contribution in [0.25, 0.3) is 6.08 Å². The lowest BCUT2D eigenvalue weighted by Crippen LogP contribution is -2.19. The highest BCUT2D eigenvalue weighted by molar-refractivity contribution is 8.18. The Morgan fingerprint density at radius 3 is 2.58 bits per heavy atom. The second-order valence-electron chi connectivity index (χ2n) is 5.21. The number of hydrogen-bond donors (Lipinski definition) is 2. The van der Waals surface area contributed by atoms with Crippen LogP contribution in [0.5, 0.6) is 0 Å². The van der Waals surface area contributed by atoms with Crippen LogP contribution in [0.4, 0.5) is 5.69 Å². The van der Waals surface area contributed by atoms with Gasteiger partial charge in [-0.3, -0.25) is 4.79 Å². The number of aryl methyl sites for hydroxylation is 1. The Kier molecular flexibility index (Phi) is 4.48. The zero-order valence-electron chi connectivity index (χ0n) is 12.8. The molecular formula is C18H14N2O3S. The summed E-state index contributed by atoms with van der Waals surface area (Å²) in [6.07, 6.45) is 1.78. The highest BCUT2D eigenvalue weighted by atomic mass is 32.2. The Balaban J connectivity index is 1.87. The number of carboxylic acids is 1. The van der Waals surface area contributed by atoms with Gasteiger partial charge in [0, 0.05) is 0 Å². The summed E-state index contributed by atoms with van der Waals surface area (Å²) in [4.78, 5) is 28.1. The number of carbonyl (C=O) groups is 2. The van der Waals surface area contributed by atoms with Crippen molar-refractivity contribution in [2.24, 2.45) is 4.99 Å². The van der Waals surface area contributed by atoms with Crippen molar-refractivity contribution >= 4 is 40.6 Å². The van der Waals surface area contributed by atoms with Crippen LogP contribution in [0.2, 0.25) is 0 Å². The smallest absolute Gasteiger partial charge is 0.337 e. The predicted molar refractivity (Wildman–Crippen MR) is 95.4 cm³/mol. The van der Waals surface area contributed by atoms with Gasteiger partial charge in [0.15, 0.2) is 5.17 Å². The van der Waals surface area contributed by atoms with Crippen molar-refractivity contribution in [2.45, 2.75) is 6.92 Å². The Morgan fingerprint density at radius 2 is 1.88 bits per heavy atom. The summed E-state index contributed by atoms with van der Waals surface area (Å²) >= 11 is 1.19. The minimum absolute atomic E-state index is 0.0933. The normalized spacial score (nSPS) is 17.3. The minimum atomic E-state index is -1.06. The third-order valence-electron chi connectivity index (χ3n) is 3.38. The number of aromatic carboxylic acids is 1. The van der Waals surface area contributed by atoms with Crippen LogP contribution < -0.4 is 5.32 Å². The summed E-state index contributed by atoms with van der Waals surface area (Å²) in [6, 6.07) is 14.2. The van der Waals surface area contributed by atoms with E-state index in [-0.39, 0.29) is 11.5 Å². The van der Waals surface area contributed by atoms with E-state index in [1.54, 1.807) is 24.3 Å². The van der Waals surface area contributed by atoms with Gasteiger partial charge in [0.2, 0.25) is 0 Å². The van der Waals surface area contributed by atoms with Gasteiger partial charge in [0.25, 0.3) is 5.91 Å². The number of nitrogens with zero attached hydrogens (tertiary/aromatic N) is 1. The average Bonchev–Trinajstić information content (AvgIpc) is 2.89. The molecule has 120 valence electrons. The van der Waals surface area contributed by atoms with Crippen LogP contribution in [0.1, 0.15) is 21.5 Å². The molecule has 24 heavy (non-hydrogen) atoms. The van der Waals surface area contributed by atoms with Crippen LogP contribution in [0, 0.1) is 6.92 Å². The van der Waals surface area contributed by atoms with Crippen molar-refractivity contribution in [3.8, 4) is 0 Å². The fourth-order valence-corrected chi connectivity index (χ4v) is 2.99. The molecule has 0 spiro atoms. The van der Waals surface area contributed by atoms with E-state index in [4.69, 9.17) is 0 Å². The number of amides is 1. The fraction of sp³-hybridized carbons (Fsp3) is 0.0556. The van der Waals surface area contributed by atoms with Gasteiger partial charge in [-0.25, -0.2) is 9.79 Å². The van der Waals surface area contributed by atoms with E-state index in [0.29, 0.717) is 15.8 Å². The number of rotatable bonds is 3. The summed E-state index contributed by atoms with van der Waals surface area (Å²) in [5, 5.41) is 12.2. The van der Waals surface area contributed by atoms with Crippen LogP contribution in [0.15, 0.2) is 58.4 Å². The Morgan fingerprint density at radius 1 is 1.17 bits per heavy atom. The van der Waals surface area contributed by atoms with Gasteiger partial charge < -0.3 is 10.4 Å².